The van der Waals surface area contributed by atoms with Gasteiger partial charge in [-0.2, -0.15) is 0 Å². The van der Waals surface area contributed by atoms with Gasteiger partial charge >= 0.3 is 0 Å². The van der Waals surface area contributed by atoms with Gasteiger partial charge in [0.2, 0.25) is 15.9 Å². The van der Waals surface area contributed by atoms with E-state index in [9.17, 15) is 13.2 Å². The Morgan fingerprint density at radius 2 is 1.91 bits per heavy atom. The van der Waals surface area contributed by atoms with Gasteiger partial charge in [0.1, 0.15) is 0 Å². The molecule has 6 nitrogen and oxygen atoms in total. The summed E-state index contributed by atoms with van der Waals surface area (Å²) in [7, 11) is -3.52. The molecule has 124 valence electrons. The largest absolute Gasteiger partial charge is 0.326 e. The molecule has 0 aliphatic rings. The zero-order valence-corrected chi connectivity index (χ0v) is 14.8. The first-order valence-corrected chi connectivity index (χ1v) is 9.46. The second kappa shape index (κ2) is 7.20. The van der Waals surface area contributed by atoms with Gasteiger partial charge in [-0.15, -0.1) is 11.3 Å². The number of amides is 1. The number of sulfonamides is 1. The van der Waals surface area contributed by atoms with E-state index in [1.165, 1.54) is 23.5 Å². The number of rotatable bonds is 6. The van der Waals surface area contributed by atoms with E-state index in [1.807, 2.05) is 12.3 Å². The fourth-order valence-electron chi connectivity index (χ4n) is 1.95. The normalized spacial score (nSPS) is 11.7. The summed E-state index contributed by atoms with van der Waals surface area (Å²) in [6.07, 6.45) is 0.194. The summed E-state index contributed by atoms with van der Waals surface area (Å²) < 4.78 is 26.5. The predicted octanol–water partition coefficient (Wildman–Crippen LogP) is 2.32. The Morgan fingerprint density at radius 3 is 2.43 bits per heavy atom. The molecule has 1 aromatic carbocycles. The molecule has 0 fully saturated rings. The third-order valence-corrected chi connectivity index (χ3v) is 5.34. The van der Waals surface area contributed by atoms with Crippen molar-refractivity contribution < 1.29 is 13.2 Å². The summed E-state index contributed by atoms with van der Waals surface area (Å²) in [4.78, 5) is 16.3. The van der Waals surface area contributed by atoms with E-state index in [0.29, 0.717) is 5.69 Å². The molecule has 0 atom stereocenters. The quantitative estimate of drug-likeness (QED) is 0.834. The van der Waals surface area contributed by atoms with Crippen molar-refractivity contribution in [2.24, 2.45) is 0 Å². The lowest BCUT2D eigenvalue weighted by Gasteiger charge is -2.10. The maximum Gasteiger partial charge on any atom is 0.240 e. The van der Waals surface area contributed by atoms with Gasteiger partial charge in [0.15, 0.2) is 0 Å². The highest BCUT2D eigenvalue weighted by Crippen LogP contribution is 2.15. The highest BCUT2D eigenvalue weighted by Gasteiger charge is 2.15. The molecule has 0 saturated heterocycles. The Balaban J connectivity index is 2.01. The van der Waals surface area contributed by atoms with E-state index in [1.54, 1.807) is 26.0 Å². The SMILES string of the molecule is Cc1nc(CC(=O)Nc2ccc(S(=O)(=O)NC(C)C)cc2)cs1. The average Bonchev–Trinajstić information content (AvgIpc) is 2.83. The van der Waals surface area contributed by atoms with Gasteiger partial charge in [0, 0.05) is 17.1 Å². The van der Waals surface area contributed by atoms with Crippen molar-refractivity contribution in [2.45, 2.75) is 38.1 Å². The van der Waals surface area contributed by atoms with E-state index < -0.39 is 10.0 Å². The number of nitrogens with one attached hydrogen (secondary N) is 2. The van der Waals surface area contributed by atoms with E-state index >= 15 is 0 Å². The van der Waals surface area contributed by atoms with Crippen LogP contribution in [0.25, 0.3) is 0 Å². The molecule has 1 amide bonds. The first-order chi connectivity index (χ1) is 10.8. The molecule has 0 spiro atoms. The fourth-order valence-corrected chi connectivity index (χ4v) is 3.82. The van der Waals surface area contributed by atoms with Crippen LogP contribution in [-0.2, 0) is 21.2 Å². The van der Waals surface area contributed by atoms with Gasteiger partial charge in [-0.25, -0.2) is 18.1 Å². The van der Waals surface area contributed by atoms with E-state index in [0.717, 1.165) is 10.7 Å². The van der Waals surface area contributed by atoms with Crippen LogP contribution in [0, 0.1) is 6.92 Å². The second-order valence-electron chi connectivity index (χ2n) is 5.38. The minimum Gasteiger partial charge on any atom is -0.326 e. The van der Waals surface area contributed by atoms with Gasteiger partial charge in [0.05, 0.1) is 22.0 Å². The van der Waals surface area contributed by atoms with Gasteiger partial charge < -0.3 is 5.32 Å². The van der Waals surface area contributed by atoms with Crippen molar-refractivity contribution in [2.75, 3.05) is 5.32 Å². The lowest BCUT2D eigenvalue weighted by Crippen LogP contribution is -2.30. The molecule has 1 heterocycles. The standard InChI is InChI=1S/C15H19N3O3S2/c1-10(2)18-23(20,21)14-6-4-12(5-7-14)17-15(19)8-13-9-22-11(3)16-13/h4-7,9-10,18H,8H2,1-3H3,(H,17,19). The molecular formula is C15H19N3O3S2. The Labute approximate surface area is 140 Å². The molecule has 0 bridgehead atoms. The first kappa shape index (κ1) is 17.6. The third kappa shape index (κ3) is 5.12. The van der Waals surface area contributed by atoms with Crippen molar-refractivity contribution in [3.63, 3.8) is 0 Å². The number of aryl methyl sites for hydroxylation is 1. The molecule has 2 rings (SSSR count). The molecule has 2 aromatic rings. The van der Waals surface area contributed by atoms with Crippen LogP contribution in [-0.4, -0.2) is 25.4 Å². The van der Waals surface area contributed by atoms with Crippen LogP contribution in [0.1, 0.15) is 24.5 Å². The van der Waals surface area contributed by atoms with Crippen LogP contribution in [0.3, 0.4) is 0 Å². The Hall–Kier alpha value is -1.77. The maximum atomic E-state index is 12.0. The smallest absolute Gasteiger partial charge is 0.240 e. The summed E-state index contributed by atoms with van der Waals surface area (Å²) in [5.74, 6) is -0.189. The molecule has 8 heteroatoms. The van der Waals surface area contributed by atoms with Crippen molar-refractivity contribution in [1.29, 1.82) is 0 Å². The maximum absolute atomic E-state index is 12.0. The van der Waals surface area contributed by atoms with Crippen LogP contribution in [0.15, 0.2) is 34.5 Å². The first-order valence-electron chi connectivity index (χ1n) is 7.09. The Bertz CT molecular complexity index is 781. The van der Waals surface area contributed by atoms with Gasteiger partial charge in [0.25, 0.3) is 0 Å². The van der Waals surface area contributed by atoms with Crippen molar-refractivity contribution in [1.82, 2.24) is 9.71 Å². The lowest BCUT2D eigenvalue weighted by molar-refractivity contribution is -0.115. The van der Waals surface area contributed by atoms with E-state index in [2.05, 4.69) is 15.0 Å². The topological polar surface area (TPSA) is 88.2 Å². The number of carbonyl (C=O) groups is 1. The summed E-state index contributed by atoms with van der Waals surface area (Å²) in [6, 6.07) is 5.89. The van der Waals surface area contributed by atoms with Crippen LogP contribution in [0.4, 0.5) is 5.69 Å². The highest BCUT2D eigenvalue weighted by molar-refractivity contribution is 7.89. The molecule has 1 aromatic heterocycles. The summed E-state index contributed by atoms with van der Waals surface area (Å²) >= 11 is 1.50. The highest BCUT2D eigenvalue weighted by atomic mass is 32.2. The number of benzene rings is 1. The molecule has 0 aliphatic heterocycles. The van der Waals surface area contributed by atoms with Crippen LogP contribution in [0.5, 0.6) is 0 Å². The summed E-state index contributed by atoms with van der Waals surface area (Å²) in [6.45, 7) is 5.40. The number of hydrogen-bond acceptors (Lipinski definition) is 5. The number of thiazole rings is 1. The minimum atomic E-state index is -3.52. The number of carbonyl (C=O) groups excluding carboxylic acids is 1. The third-order valence-electron chi connectivity index (χ3n) is 2.85. The minimum absolute atomic E-state index is 0.166. The molecule has 0 saturated carbocycles. The van der Waals surface area contributed by atoms with Crippen molar-refractivity contribution in [3.8, 4) is 0 Å². The fraction of sp³-hybridized carbons (Fsp3) is 0.333. The molecular weight excluding hydrogens is 334 g/mol. The summed E-state index contributed by atoms with van der Waals surface area (Å²) in [5, 5.41) is 5.50. The van der Waals surface area contributed by atoms with E-state index in [-0.39, 0.29) is 23.3 Å². The lowest BCUT2D eigenvalue weighted by atomic mass is 10.3. The number of hydrogen-bond donors (Lipinski definition) is 2. The Kier molecular flexibility index (Phi) is 5.51. The summed E-state index contributed by atoms with van der Waals surface area (Å²) in [5.41, 5.74) is 1.27. The number of nitrogens with zero attached hydrogens (tertiary/aromatic N) is 1. The van der Waals surface area contributed by atoms with Crippen molar-refractivity contribution >= 4 is 33.0 Å². The molecule has 0 radical (unpaired) electrons. The van der Waals surface area contributed by atoms with Gasteiger partial charge in [-0.1, -0.05) is 0 Å². The van der Waals surface area contributed by atoms with Crippen LogP contribution >= 0.6 is 11.3 Å². The zero-order valence-electron chi connectivity index (χ0n) is 13.2. The van der Waals surface area contributed by atoms with Gasteiger partial charge in [-0.3, -0.25) is 4.79 Å². The molecule has 23 heavy (non-hydrogen) atoms. The predicted molar refractivity (Wildman–Crippen MR) is 91.1 cm³/mol. The second-order valence-corrected chi connectivity index (χ2v) is 8.16. The Morgan fingerprint density at radius 1 is 1.26 bits per heavy atom. The number of anilines is 1. The van der Waals surface area contributed by atoms with Crippen molar-refractivity contribution in [3.05, 3.63) is 40.3 Å². The molecule has 2 N–H and O–H groups in total. The van der Waals surface area contributed by atoms with Crippen LogP contribution < -0.4 is 10.0 Å². The molecule has 0 aliphatic carbocycles. The number of aromatic nitrogens is 1. The van der Waals surface area contributed by atoms with E-state index in [4.69, 9.17) is 0 Å². The monoisotopic (exact) mass is 353 g/mol. The average molecular weight is 353 g/mol. The molecule has 0 unspecified atom stereocenters. The van der Waals surface area contributed by atoms with Gasteiger partial charge in [-0.05, 0) is 45.0 Å². The van der Waals surface area contributed by atoms with Crippen LogP contribution in [0.2, 0.25) is 0 Å². The zero-order chi connectivity index (χ0) is 17.0.